The standard InChI is InChI=1S/C19H23FN2O4S/c1-13(2)26-18-10-8-16(9-11-18)21-19(23)14(3)22(27(4,24)25)17-7-5-6-15(20)12-17/h5-14H,1-4H3,(H,21,23)/t14-/m1/s1. The van der Waals surface area contributed by atoms with Gasteiger partial charge in [0.25, 0.3) is 0 Å². The monoisotopic (exact) mass is 394 g/mol. The number of ether oxygens (including phenoxy) is 1. The van der Waals surface area contributed by atoms with Crippen molar-refractivity contribution in [2.75, 3.05) is 15.9 Å². The van der Waals surface area contributed by atoms with Crippen LogP contribution >= 0.6 is 0 Å². The van der Waals surface area contributed by atoms with Crippen LogP contribution in [0.25, 0.3) is 0 Å². The van der Waals surface area contributed by atoms with Gasteiger partial charge in [0, 0.05) is 5.69 Å². The van der Waals surface area contributed by atoms with Crippen LogP contribution in [0.4, 0.5) is 15.8 Å². The zero-order valence-corrected chi connectivity index (χ0v) is 16.5. The van der Waals surface area contributed by atoms with E-state index in [0.717, 1.165) is 16.6 Å². The second kappa shape index (κ2) is 8.39. The molecule has 1 N–H and O–H groups in total. The number of nitrogens with zero attached hydrogens (tertiary/aromatic N) is 1. The molecule has 0 saturated heterocycles. The fourth-order valence-electron chi connectivity index (χ4n) is 2.56. The Hall–Kier alpha value is -2.61. The molecular formula is C19H23FN2O4S. The van der Waals surface area contributed by atoms with E-state index in [1.54, 1.807) is 24.3 Å². The molecule has 1 atom stereocenters. The number of halogens is 1. The molecule has 0 aliphatic heterocycles. The molecule has 0 spiro atoms. The summed E-state index contributed by atoms with van der Waals surface area (Å²) in [5.41, 5.74) is 0.580. The third-order valence-electron chi connectivity index (χ3n) is 3.64. The van der Waals surface area contributed by atoms with E-state index >= 15 is 0 Å². The molecule has 0 aliphatic rings. The first-order valence-corrected chi connectivity index (χ1v) is 10.3. The average Bonchev–Trinajstić information content (AvgIpc) is 2.55. The van der Waals surface area contributed by atoms with Gasteiger partial charge in [0.2, 0.25) is 15.9 Å². The van der Waals surface area contributed by atoms with Gasteiger partial charge in [-0.1, -0.05) is 6.07 Å². The highest BCUT2D eigenvalue weighted by molar-refractivity contribution is 7.92. The maximum Gasteiger partial charge on any atom is 0.247 e. The number of hydrogen-bond acceptors (Lipinski definition) is 4. The molecule has 0 saturated carbocycles. The van der Waals surface area contributed by atoms with Gasteiger partial charge in [-0.15, -0.1) is 0 Å². The molecule has 27 heavy (non-hydrogen) atoms. The van der Waals surface area contributed by atoms with Crippen molar-refractivity contribution >= 4 is 27.3 Å². The van der Waals surface area contributed by atoms with Crippen LogP contribution in [0.5, 0.6) is 5.75 Å². The van der Waals surface area contributed by atoms with Gasteiger partial charge >= 0.3 is 0 Å². The topological polar surface area (TPSA) is 75.7 Å². The summed E-state index contributed by atoms with van der Waals surface area (Å²) < 4.78 is 44.3. The lowest BCUT2D eigenvalue weighted by Crippen LogP contribution is -2.45. The lowest BCUT2D eigenvalue weighted by atomic mass is 10.2. The highest BCUT2D eigenvalue weighted by atomic mass is 32.2. The summed E-state index contributed by atoms with van der Waals surface area (Å²) in [5, 5.41) is 2.66. The Bertz CT molecular complexity index is 898. The molecule has 0 bridgehead atoms. The summed E-state index contributed by atoms with van der Waals surface area (Å²) >= 11 is 0. The van der Waals surface area contributed by atoms with Crippen LogP contribution < -0.4 is 14.4 Å². The van der Waals surface area contributed by atoms with Crippen LogP contribution in [0, 0.1) is 5.82 Å². The van der Waals surface area contributed by atoms with Gasteiger partial charge < -0.3 is 10.1 Å². The molecule has 0 heterocycles. The van der Waals surface area contributed by atoms with Crippen LogP contribution in [0.3, 0.4) is 0 Å². The highest BCUT2D eigenvalue weighted by Gasteiger charge is 2.29. The molecule has 0 aliphatic carbocycles. The number of rotatable bonds is 7. The van der Waals surface area contributed by atoms with Gasteiger partial charge in [-0.2, -0.15) is 0 Å². The zero-order chi connectivity index (χ0) is 20.2. The van der Waals surface area contributed by atoms with Crippen LogP contribution in [0.1, 0.15) is 20.8 Å². The summed E-state index contributed by atoms with van der Waals surface area (Å²) in [6, 6.07) is 10.8. The lowest BCUT2D eigenvalue weighted by molar-refractivity contribution is -0.116. The van der Waals surface area contributed by atoms with Crippen molar-refractivity contribution in [2.24, 2.45) is 0 Å². The third kappa shape index (κ3) is 5.68. The van der Waals surface area contributed by atoms with E-state index in [9.17, 15) is 17.6 Å². The number of sulfonamides is 1. The second-order valence-corrected chi connectivity index (χ2v) is 8.25. The van der Waals surface area contributed by atoms with E-state index in [2.05, 4.69) is 5.32 Å². The molecule has 2 aromatic carbocycles. The maximum atomic E-state index is 13.5. The van der Waals surface area contributed by atoms with E-state index in [1.165, 1.54) is 25.1 Å². The van der Waals surface area contributed by atoms with E-state index in [1.807, 2.05) is 13.8 Å². The largest absolute Gasteiger partial charge is 0.491 e. The van der Waals surface area contributed by atoms with Crippen LogP contribution in [0.15, 0.2) is 48.5 Å². The lowest BCUT2D eigenvalue weighted by Gasteiger charge is -2.28. The zero-order valence-electron chi connectivity index (χ0n) is 15.6. The van der Waals surface area contributed by atoms with Crippen molar-refractivity contribution in [1.82, 2.24) is 0 Å². The number of anilines is 2. The minimum Gasteiger partial charge on any atom is -0.491 e. The number of carbonyl (C=O) groups is 1. The summed E-state index contributed by atoms with van der Waals surface area (Å²) in [4.78, 5) is 12.6. The van der Waals surface area contributed by atoms with E-state index < -0.39 is 27.8 Å². The van der Waals surface area contributed by atoms with Crippen molar-refractivity contribution in [3.63, 3.8) is 0 Å². The molecule has 6 nitrogen and oxygen atoms in total. The number of benzene rings is 2. The maximum absolute atomic E-state index is 13.5. The van der Waals surface area contributed by atoms with Crippen LogP contribution in [0.2, 0.25) is 0 Å². The first kappa shape index (κ1) is 20.7. The van der Waals surface area contributed by atoms with Gasteiger partial charge in [0.05, 0.1) is 18.0 Å². The van der Waals surface area contributed by atoms with Crippen molar-refractivity contribution in [3.8, 4) is 5.75 Å². The minimum atomic E-state index is -3.81. The second-order valence-electron chi connectivity index (χ2n) is 6.39. The van der Waals surface area contributed by atoms with Crippen molar-refractivity contribution in [2.45, 2.75) is 32.9 Å². The molecule has 146 valence electrons. The Morgan fingerprint density at radius 2 is 1.74 bits per heavy atom. The van der Waals surface area contributed by atoms with Gasteiger partial charge in [-0.25, -0.2) is 12.8 Å². The van der Waals surface area contributed by atoms with Crippen LogP contribution in [-0.2, 0) is 14.8 Å². The number of carbonyl (C=O) groups excluding carboxylic acids is 1. The van der Waals surface area contributed by atoms with Gasteiger partial charge in [-0.3, -0.25) is 9.10 Å². The number of nitrogens with one attached hydrogen (secondary N) is 1. The highest BCUT2D eigenvalue weighted by Crippen LogP contribution is 2.23. The quantitative estimate of drug-likeness (QED) is 0.781. The Kier molecular flexibility index (Phi) is 6.43. The molecule has 0 fully saturated rings. The van der Waals surface area contributed by atoms with Crippen LogP contribution in [-0.4, -0.2) is 32.7 Å². The molecule has 0 unspecified atom stereocenters. The molecule has 2 aromatic rings. The van der Waals surface area contributed by atoms with E-state index in [4.69, 9.17) is 4.74 Å². The predicted molar refractivity (Wildman–Crippen MR) is 104 cm³/mol. The molecule has 2 rings (SSSR count). The van der Waals surface area contributed by atoms with Gasteiger partial charge in [0.15, 0.2) is 0 Å². The van der Waals surface area contributed by atoms with E-state index in [0.29, 0.717) is 11.4 Å². The fraction of sp³-hybridized carbons (Fsp3) is 0.316. The Labute approximate surface area is 159 Å². The summed E-state index contributed by atoms with van der Waals surface area (Å²) in [6.07, 6.45) is 1.000. The Morgan fingerprint density at radius 1 is 1.11 bits per heavy atom. The fourth-order valence-corrected chi connectivity index (χ4v) is 3.72. The predicted octanol–water partition coefficient (Wildman–Crippen LogP) is 3.41. The number of amides is 1. The van der Waals surface area contributed by atoms with Gasteiger partial charge in [-0.05, 0) is 63.2 Å². The van der Waals surface area contributed by atoms with Crippen molar-refractivity contribution < 1.29 is 22.3 Å². The Morgan fingerprint density at radius 3 is 2.26 bits per heavy atom. The SMILES string of the molecule is CC(C)Oc1ccc(NC(=O)[C@@H](C)N(c2cccc(F)c2)S(C)(=O)=O)cc1. The molecule has 0 radical (unpaired) electrons. The summed E-state index contributed by atoms with van der Waals surface area (Å²) in [5.74, 6) is -0.467. The van der Waals surface area contributed by atoms with Crippen molar-refractivity contribution in [3.05, 3.63) is 54.3 Å². The third-order valence-corrected chi connectivity index (χ3v) is 4.89. The first-order valence-electron chi connectivity index (χ1n) is 8.40. The Balaban J connectivity index is 2.20. The number of hydrogen-bond donors (Lipinski definition) is 1. The average molecular weight is 394 g/mol. The normalized spacial score (nSPS) is 12.5. The van der Waals surface area contributed by atoms with Crippen molar-refractivity contribution in [1.29, 1.82) is 0 Å². The van der Waals surface area contributed by atoms with Gasteiger partial charge in [0.1, 0.15) is 17.6 Å². The summed E-state index contributed by atoms with van der Waals surface area (Å²) in [7, 11) is -3.81. The first-order chi connectivity index (χ1) is 12.6. The molecule has 8 heteroatoms. The smallest absolute Gasteiger partial charge is 0.247 e. The summed E-state index contributed by atoms with van der Waals surface area (Å²) in [6.45, 7) is 5.25. The van der Waals surface area contributed by atoms with E-state index in [-0.39, 0.29) is 11.8 Å². The molecular weight excluding hydrogens is 371 g/mol. The minimum absolute atomic E-state index is 0.0278. The molecule has 0 aromatic heterocycles. The molecule has 1 amide bonds.